The number of ether oxygens (including phenoxy) is 1. The summed E-state index contributed by atoms with van der Waals surface area (Å²) in [5, 5.41) is 0. The number of benzene rings is 2. The van der Waals surface area contributed by atoms with Crippen LogP contribution in [0.1, 0.15) is 49.7 Å². The van der Waals surface area contributed by atoms with Crippen LogP contribution >= 0.6 is 0 Å². The van der Waals surface area contributed by atoms with Crippen LogP contribution in [0.4, 0.5) is 26.3 Å². The van der Waals surface area contributed by atoms with Crippen LogP contribution in [-0.2, 0) is 44.8 Å². The molecule has 2 aromatic rings. The molecular weight excluding hydrogens is 679 g/mol. The molecule has 43 heavy (non-hydrogen) atoms. The molecule has 2 rings (SSSR count). The Hall–Kier alpha value is -2.30. The number of hydrogen-bond acceptors (Lipinski definition) is 9. The van der Waals surface area contributed by atoms with Crippen molar-refractivity contribution < 1.29 is 64.8 Å². The second-order valence-electron chi connectivity index (χ2n) is 9.08. The second kappa shape index (κ2) is 13.4. The molecule has 0 aliphatic rings. The first-order valence-electron chi connectivity index (χ1n) is 11.9. The molecule has 0 aliphatic carbocycles. The van der Waals surface area contributed by atoms with E-state index in [0.29, 0.717) is 32.2 Å². The number of alkyl halides is 6. The van der Waals surface area contributed by atoms with Gasteiger partial charge in [0.15, 0.2) is 0 Å². The lowest BCUT2D eigenvalue weighted by Gasteiger charge is -2.18. The van der Waals surface area contributed by atoms with E-state index < -0.39 is 60.9 Å². The molecule has 0 heterocycles. The van der Waals surface area contributed by atoms with Gasteiger partial charge in [-0.25, -0.2) is 33.7 Å². The zero-order chi connectivity index (χ0) is 33.1. The highest BCUT2D eigenvalue weighted by atomic mass is 32.3. The van der Waals surface area contributed by atoms with Gasteiger partial charge in [-0.2, -0.15) is 26.3 Å². The summed E-state index contributed by atoms with van der Waals surface area (Å²) >= 11 is 0. The summed E-state index contributed by atoms with van der Waals surface area (Å²) < 4.78 is 175. The number of sulfonamides is 4. The lowest BCUT2D eigenvalue weighted by atomic mass is 9.94. The van der Waals surface area contributed by atoms with Crippen molar-refractivity contribution in [2.24, 2.45) is 0 Å². The van der Waals surface area contributed by atoms with Crippen molar-refractivity contribution in [2.45, 2.75) is 59.3 Å². The van der Waals surface area contributed by atoms with Crippen LogP contribution in [0.15, 0.2) is 58.3 Å². The Morgan fingerprint density at radius 3 is 1.40 bits per heavy atom. The van der Waals surface area contributed by atoms with Crippen LogP contribution in [0.3, 0.4) is 0 Å². The predicted octanol–water partition coefficient (Wildman–Crippen LogP) is 3.65. The first-order chi connectivity index (χ1) is 19.4. The molecule has 0 bridgehead atoms. The van der Waals surface area contributed by atoms with Gasteiger partial charge in [0.2, 0.25) is 0 Å². The van der Waals surface area contributed by atoms with Crippen LogP contribution in [0.5, 0.6) is 0 Å². The van der Waals surface area contributed by atoms with E-state index in [0.717, 1.165) is 24.3 Å². The standard InChI is InChI=1S/C22H26F6N2O9S4/c1-3-16(18-6-10-20(11-7-18)41(33,34)30-43(37,38)22(26,27)28)12-13-39-14-15(2)17-4-8-19(9-5-17)40(31,32)29-42(35,36)21(23,24)25/h4-11,15-16,29-30H,3,12-14H2,1-2H3. The molecule has 2 N–H and O–H groups in total. The minimum Gasteiger partial charge on any atom is -0.381 e. The summed E-state index contributed by atoms with van der Waals surface area (Å²) in [7, 11) is -22.3. The van der Waals surface area contributed by atoms with E-state index in [1.54, 1.807) is 6.92 Å². The van der Waals surface area contributed by atoms with Gasteiger partial charge in [0, 0.05) is 12.5 Å². The smallest absolute Gasteiger partial charge is 0.381 e. The van der Waals surface area contributed by atoms with E-state index in [1.165, 1.54) is 24.3 Å². The third-order valence-electron chi connectivity index (χ3n) is 5.94. The van der Waals surface area contributed by atoms with E-state index >= 15 is 0 Å². The van der Waals surface area contributed by atoms with Crippen molar-refractivity contribution in [3.8, 4) is 0 Å². The molecule has 0 saturated heterocycles. The van der Waals surface area contributed by atoms with Gasteiger partial charge < -0.3 is 4.74 Å². The largest absolute Gasteiger partial charge is 0.512 e. The van der Waals surface area contributed by atoms with Crippen LogP contribution in [0.25, 0.3) is 0 Å². The van der Waals surface area contributed by atoms with Gasteiger partial charge in [0.1, 0.15) is 0 Å². The van der Waals surface area contributed by atoms with E-state index in [4.69, 9.17) is 4.74 Å². The number of hydrogen-bond donors (Lipinski definition) is 2. The highest BCUT2D eigenvalue weighted by Crippen LogP contribution is 2.28. The molecule has 0 spiro atoms. The normalized spacial score (nSPS) is 15.3. The fourth-order valence-electron chi connectivity index (χ4n) is 3.56. The fourth-order valence-corrected chi connectivity index (χ4v) is 8.39. The Labute approximate surface area is 244 Å². The molecule has 2 atom stereocenters. The molecule has 2 aromatic carbocycles. The highest BCUT2D eigenvalue weighted by Gasteiger charge is 2.49. The molecule has 11 nitrogen and oxygen atoms in total. The quantitative estimate of drug-likeness (QED) is 0.220. The van der Waals surface area contributed by atoms with Crippen molar-refractivity contribution in [3.63, 3.8) is 0 Å². The summed E-state index contributed by atoms with van der Waals surface area (Å²) in [5.74, 6) is -0.502. The zero-order valence-corrected chi connectivity index (χ0v) is 25.4. The maximum absolute atomic E-state index is 12.5. The third-order valence-corrected chi connectivity index (χ3v) is 12.5. The molecule has 244 valence electrons. The molecule has 21 heteroatoms. The zero-order valence-electron chi connectivity index (χ0n) is 22.2. The van der Waals surface area contributed by atoms with Crippen molar-refractivity contribution in [2.75, 3.05) is 13.2 Å². The number of rotatable bonds is 14. The first-order valence-corrected chi connectivity index (χ1v) is 17.8. The van der Waals surface area contributed by atoms with Gasteiger partial charge >= 0.3 is 31.1 Å². The van der Waals surface area contributed by atoms with Crippen molar-refractivity contribution in [1.29, 1.82) is 0 Å². The van der Waals surface area contributed by atoms with Crippen molar-refractivity contribution in [3.05, 3.63) is 59.7 Å². The maximum Gasteiger partial charge on any atom is 0.512 e. The second-order valence-corrected chi connectivity index (χ2v) is 16.3. The monoisotopic (exact) mass is 704 g/mol. The molecule has 0 radical (unpaired) electrons. The molecule has 0 aliphatic heterocycles. The summed E-state index contributed by atoms with van der Waals surface area (Å²) in [6.45, 7) is 3.85. The predicted molar refractivity (Wildman–Crippen MR) is 140 cm³/mol. The molecule has 0 saturated carbocycles. The van der Waals surface area contributed by atoms with Crippen LogP contribution in [0.2, 0.25) is 0 Å². The summed E-state index contributed by atoms with van der Waals surface area (Å²) in [5.41, 5.74) is -10.5. The molecular formula is C22H26F6N2O9S4. The van der Waals surface area contributed by atoms with E-state index in [1.807, 2.05) is 6.92 Å². The minimum atomic E-state index is -6.14. The minimum absolute atomic E-state index is 0.125. The average molecular weight is 705 g/mol. The van der Waals surface area contributed by atoms with Gasteiger partial charge in [0.05, 0.1) is 16.4 Å². The SMILES string of the molecule is CCC(CCOCC(C)c1ccc(S(=O)(=O)NS(=O)(=O)C(F)(F)F)cc1)c1ccc(S(=O)(=O)NS(=O)(=O)C(F)(F)F)cc1. The lowest BCUT2D eigenvalue weighted by Crippen LogP contribution is -2.40. The molecule has 0 fully saturated rings. The Morgan fingerprint density at radius 1 is 0.674 bits per heavy atom. The number of halogens is 6. The van der Waals surface area contributed by atoms with Crippen molar-refractivity contribution in [1.82, 2.24) is 8.25 Å². The fraction of sp³-hybridized carbons (Fsp3) is 0.455. The summed E-state index contributed by atoms with van der Waals surface area (Å²) in [6.07, 6.45) is 0.978. The molecule has 0 aromatic heterocycles. The Bertz CT molecular complexity index is 1690. The Balaban J connectivity index is 1.97. The number of nitrogens with one attached hydrogen (secondary N) is 2. The van der Waals surface area contributed by atoms with Gasteiger partial charge in [-0.05, 0) is 54.2 Å². The first kappa shape index (κ1) is 36.9. The van der Waals surface area contributed by atoms with Crippen molar-refractivity contribution >= 4 is 40.1 Å². The summed E-state index contributed by atoms with van der Waals surface area (Å²) in [6, 6.07) is 9.02. The summed E-state index contributed by atoms with van der Waals surface area (Å²) in [4.78, 5) is -1.40. The Kier molecular flexibility index (Phi) is 11.5. The Morgan fingerprint density at radius 2 is 1.05 bits per heavy atom. The lowest BCUT2D eigenvalue weighted by molar-refractivity contribution is -0.0447. The van der Waals surface area contributed by atoms with Crippen LogP contribution in [-0.4, -0.2) is 57.9 Å². The van der Waals surface area contributed by atoms with Crippen LogP contribution < -0.4 is 8.25 Å². The van der Waals surface area contributed by atoms with E-state index in [9.17, 15) is 60.0 Å². The van der Waals surface area contributed by atoms with Gasteiger partial charge in [-0.1, -0.05) is 46.4 Å². The maximum atomic E-state index is 12.5. The third kappa shape index (κ3) is 9.59. The van der Waals surface area contributed by atoms with Gasteiger partial charge in [-0.3, -0.25) is 0 Å². The van der Waals surface area contributed by atoms with E-state index in [-0.39, 0.29) is 25.0 Å². The topological polar surface area (TPSA) is 170 Å². The molecule has 2 unspecified atom stereocenters. The average Bonchev–Trinajstić information content (AvgIpc) is 2.86. The van der Waals surface area contributed by atoms with Crippen LogP contribution in [0, 0.1) is 0 Å². The molecule has 0 amide bonds. The highest BCUT2D eigenvalue weighted by molar-refractivity contribution is 8.05. The van der Waals surface area contributed by atoms with Gasteiger partial charge in [0.25, 0.3) is 20.0 Å². The van der Waals surface area contributed by atoms with Gasteiger partial charge in [-0.15, -0.1) is 0 Å². The van der Waals surface area contributed by atoms with E-state index in [2.05, 4.69) is 0 Å².